The third-order valence-electron chi connectivity index (χ3n) is 4.63. The van der Waals surface area contributed by atoms with Crippen LogP contribution in [0, 0.1) is 0 Å². The first-order valence-electron chi connectivity index (χ1n) is 8.77. The van der Waals surface area contributed by atoms with Crippen LogP contribution in [0.1, 0.15) is 68.6 Å². The standard InChI is InChI=1S/C20H24O5/c1-6-12-17-14(15(21)9-16(24-17)19(22)23-7-2)8-13-11(3)10-20(4,5)25-18(12)13/h8-9,11H,6-7,10H2,1-5H3. The number of aryl methyl sites for hydroxylation is 1. The third-order valence-corrected chi connectivity index (χ3v) is 4.63. The summed E-state index contributed by atoms with van der Waals surface area (Å²) in [5, 5.41) is 0.485. The van der Waals surface area contributed by atoms with Crippen LogP contribution in [0.4, 0.5) is 0 Å². The predicted octanol–water partition coefficient (Wildman–Crippen LogP) is 4.20. The molecule has 1 aromatic heterocycles. The highest BCUT2D eigenvalue weighted by atomic mass is 16.5. The Hall–Kier alpha value is -2.30. The summed E-state index contributed by atoms with van der Waals surface area (Å²) >= 11 is 0. The third kappa shape index (κ3) is 3.03. The Labute approximate surface area is 146 Å². The van der Waals surface area contributed by atoms with Gasteiger partial charge in [0.2, 0.25) is 5.76 Å². The number of esters is 1. The number of rotatable bonds is 3. The molecule has 0 amide bonds. The van der Waals surface area contributed by atoms with Gasteiger partial charge in [-0.15, -0.1) is 0 Å². The lowest BCUT2D eigenvalue weighted by atomic mass is 9.83. The molecule has 0 bridgehead atoms. The minimum atomic E-state index is -0.629. The maximum absolute atomic E-state index is 12.6. The smallest absolute Gasteiger partial charge is 0.374 e. The highest BCUT2D eigenvalue weighted by Crippen LogP contribution is 2.45. The van der Waals surface area contributed by atoms with E-state index in [1.54, 1.807) is 6.92 Å². The molecule has 1 atom stereocenters. The summed E-state index contributed by atoms with van der Waals surface area (Å²) in [6.45, 7) is 10.2. The van der Waals surface area contributed by atoms with Gasteiger partial charge in [0.05, 0.1) is 12.0 Å². The number of hydrogen-bond acceptors (Lipinski definition) is 5. The van der Waals surface area contributed by atoms with Gasteiger partial charge in [-0.1, -0.05) is 13.8 Å². The van der Waals surface area contributed by atoms with Crippen molar-refractivity contribution < 1.29 is 18.7 Å². The highest BCUT2D eigenvalue weighted by Gasteiger charge is 2.34. The molecule has 0 N–H and O–H groups in total. The van der Waals surface area contributed by atoms with E-state index in [0.29, 0.717) is 17.4 Å². The first-order chi connectivity index (χ1) is 11.8. The van der Waals surface area contributed by atoms with Crippen molar-refractivity contribution in [1.82, 2.24) is 0 Å². The molecule has 0 spiro atoms. The molecule has 2 aromatic rings. The molecule has 5 heteroatoms. The summed E-state index contributed by atoms with van der Waals surface area (Å²) < 4.78 is 17.0. The lowest BCUT2D eigenvalue weighted by Crippen LogP contribution is -2.34. The molecule has 1 aliphatic heterocycles. The number of hydrogen-bond donors (Lipinski definition) is 0. The van der Waals surface area contributed by atoms with Crippen molar-refractivity contribution in [3.63, 3.8) is 0 Å². The molecule has 0 radical (unpaired) electrons. The second kappa shape index (κ2) is 6.21. The monoisotopic (exact) mass is 344 g/mol. The van der Waals surface area contributed by atoms with E-state index >= 15 is 0 Å². The van der Waals surface area contributed by atoms with Crippen LogP contribution in [-0.4, -0.2) is 18.2 Å². The van der Waals surface area contributed by atoms with Crippen LogP contribution in [-0.2, 0) is 11.2 Å². The Morgan fingerprint density at radius 1 is 1.32 bits per heavy atom. The van der Waals surface area contributed by atoms with Gasteiger partial charge in [0, 0.05) is 11.6 Å². The average molecular weight is 344 g/mol. The maximum Gasteiger partial charge on any atom is 0.374 e. The van der Waals surface area contributed by atoms with E-state index in [1.807, 2.05) is 13.0 Å². The summed E-state index contributed by atoms with van der Waals surface area (Å²) in [6, 6.07) is 3.06. The van der Waals surface area contributed by atoms with E-state index < -0.39 is 5.97 Å². The van der Waals surface area contributed by atoms with Gasteiger partial charge in [0.15, 0.2) is 5.43 Å². The van der Waals surface area contributed by atoms with E-state index in [-0.39, 0.29) is 29.3 Å². The van der Waals surface area contributed by atoms with E-state index in [2.05, 4.69) is 20.8 Å². The fourth-order valence-electron chi connectivity index (χ4n) is 3.64. The van der Waals surface area contributed by atoms with Crippen molar-refractivity contribution >= 4 is 16.9 Å². The summed E-state index contributed by atoms with van der Waals surface area (Å²) in [4.78, 5) is 24.6. The molecule has 2 heterocycles. The first kappa shape index (κ1) is 17.5. The average Bonchev–Trinajstić information content (AvgIpc) is 2.52. The van der Waals surface area contributed by atoms with Gasteiger partial charge < -0.3 is 13.9 Å². The molecule has 1 unspecified atom stereocenters. The molecule has 0 saturated heterocycles. The SMILES string of the molecule is CCOC(=O)c1cc(=O)c2cc3c(c(CC)c2o1)OC(C)(C)CC3C. The van der Waals surface area contributed by atoms with Gasteiger partial charge in [-0.2, -0.15) is 0 Å². The van der Waals surface area contributed by atoms with Crippen LogP contribution < -0.4 is 10.2 Å². The fourth-order valence-corrected chi connectivity index (χ4v) is 3.64. The largest absolute Gasteiger partial charge is 0.487 e. The minimum Gasteiger partial charge on any atom is -0.487 e. The van der Waals surface area contributed by atoms with Crippen LogP contribution in [0.2, 0.25) is 0 Å². The molecule has 3 rings (SSSR count). The van der Waals surface area contributed by atoms with Crippen molar-refractivity contribution in [1.29, 1.82) is 0 Å². The molecule has 25 heavy (non-hydrogen) atoms. The number of carbonyl (C=O) groups excluding carboxylic acids is 1. The Morgan fingerprint density at radius 2 is 2.04 bits per heavy atom. The van der Waals surface area contributed by atoms with Crippen LogP contribution in [0.5, 0.6) is 5.75 Å². The van der Waals surface area contributed by atoms with Gasteiger partial charge in [-0.05, 0) is 51.2 Å². The first-order valence-corrected chi connectivity index (χ1v) is 8.77. The molecular formula is C20H24O5. The Kier molecular flexibility index (Phi) is 4.35. The quantitative estimate of drug-likeness (QED) is 0.781. The minimum absolute atomic E-state index is 0.0721. The number of carbonyl (C=O) groups is 1. The molecule has 0 aliphatic carbocycles. The maximum atomic E-state index is 12.6. The summed E-state index contributed by atoms with van der Waals surface area (Å²) in [7, 11) is 0. The topological polar surface area (TPSA) is 65.7 Å². The van der Waals surface area contributed by atoms with Gasteiger partial charge in [0.1, 0.15) is 16.9 Å². The van der Waals surface area contributed by atoms with Crippen molar-refractivity contribution in [2.24, 2.45) is 0 Å². The lowest BCUT2D eigenvalue weighted by Gasteiger charge is -2.37. The van der Waals surface area contributed by atoms with Crippen LogP contribution in [0.15, 0.2) is 21.3 Å². The van der Waals surface area contributed by atoms with Gasteiger partial charge >= 0.3 is 5.97 Å². The zero-order valence-electron chi connectivity index (χ0n) is 15.4. The van der Waals surface area contributed by atoms with Crippen LogP contribution in [0.3, 0.4) is 0 Å². The normalized spacial score (nSPS) is 18.5. The zero-order chi connectivity index (χ0) is 18.4. The van der Waals surface area contributed by atoms with Crippen LogP contribution >= 0.6 is 0 Å². The molecule has 134 valence electrons. The number of fused-ring (bicyclic) bond motifs is 2. The highest BCUT2D eigenvalue weighted by molar-refractivity contribution is 5.90. The molecule has 1 aliphatic rings. The van der Waals surface area contributed by atoms with Crippen molar-refractivity contribution in [2.45, 2.75) is 59.0 Å². The lowest BCUT2D eigenvalue weighted by molar-refractivity contribution is 0.0489. The molecule has 0 fully saturated rings. The van der Waals surface area contributed by atoms with Gasteiger partial charge in [-0.25, -0.2) is 4.79 Å². The second-order valence-electron chi connectivity index (χ2n) is 7.17. The number of benzene rings is 1. The zero-order valence-corrected chi connectivity index (χ0v) is 15.4. The van der Waals surface area contributed by atoms with Crippen molar-refractivity contribution in [2.75, 3.05) is 6.61 Å². The van der Waals surface area contributed by atoms with Crippen molar-refractivity contribution in [3.05, 3.63) is 39.2 Å². The van der Waals surface area contributed by atoms with E-state index in [0.717, 1.165) is 23.3 Å². The van der Waals surface area contributed by atoms with Gasteiger partial charge in [0.25, 0.3) is 0 Å². The molecule has 5 nitrogen and oxygen atoms in total. The molecule has 1 aromatic carbocycles. The summed E-state index contributed by atoms with van der Waals surface area (Å²) in [5.74, 6) is 0.355. The second-order valence-corrected chi connectivity index (χ2v) is 7.17. The van der Waals surface area contributed by atoms with Crippen molar-refractivity contribution in [3.8, 4) is 5.75 Å². The predicted molar refractivity (Wildman–Crippen MR) is 95.6 cm³/mol. The Bertz CT molecular complexity index is 891. The van der Waals surface area contributed by atoms with E-state index in [4.69, 9.17) is 13.9 Å². The summed E-state index contributed by atoms with van der Waals surface area (Å²) in [6.07, 6.45) is 1.51. The van der Waals surface area contributed by atoms with Gasteiger partial charge in [-0.3, -0.25) is 4.79 Å². The van der Waals surface area contributed by atoms with Crippen LogP contribution in [0.25, 0.3) is 11.0 Å². The molecular weight excluding hydrogens is 320 g/mol. The molecule has 0 saturated carbocycles. The Morgan fingerprint density at radius 3 is 2.68 bits per heavy atom. The fraction of sp³-hybridized carbons (Fsp3) is 0.500. The van der Waals surface area contributed by atoms with E-state index in [9.17, 15) is 9.59 Å². The summed E-state index contributed by atoms with van der Waals surface area (Å²) in [5.41, 5.74) is 1.75. The van der Waals surface area contributed by atoms with E-state index in [1.165, 1.54) is 6.07 Å². The number of ether oxygens (including phenoxy) is 2. The Balaban J connectivity index is 2.30.